The average Bonchev–Trinajstić information content (AvgIpc) is 2.39. The smallest absolute Gasteiger partial charge is 0.234 e. The third-order valence-electron chi connectivity index (χ3n) is 2.87. The number of nitrogens with one attached hydrogen (secondary N) is 2. The van der Waals surface area contributed by atoms with Crippen molar-refractivity contribution in [2.45, 2.75) is 32.9 Å². The van der Waals surface area contributed by atoms with Gasteiger partial charge in [-0.3, -0.25) is 4.79 Å². The molecule has 0 bridgehead atoms. The van der Waals surface area contributed by atoms with Gasteiger partial charge in [0.1, 0.15) is 0 Å². The van der Waals surface area contributed by atoms with Gasteiger partial charge in [-0.15, -0.1) is 0 Å². The third-order valence-corrected chi connectivity index (χ3v) is 2.87. The predicted molar refractivity (Wildman–Crippen MR) is 77.0 cm³/mol. The topological polar surface area (TPSA) is 50.4 Å². The van der Waals surface area contributed by atoms with Gasteiger partial charge in [-0.2, -0.15) is 0 Å². The van der Waals surface area contributed by atoms with E-state index in [4.69, 9.17) is 4.74 Å². The van der Waals surface area contributed by atoms with Crippen LogP contribution in [0.4, 0.5) is 0 Å². The lowest BCUT2D eigenvalue weighted by Crippen LogP contribution is -2.40. The van der Waals surface area contributed by atoms with Gasteiger partial charge in [-0.05, 0) is 24.5 Å². The van der Waals surface area contributed by atoms with E-state index in [1.807, 2.05) is 6.92 Å². The summed E-state index contributed by atoms with van der Waals surface area (Å²) in [4.78, 5) is 11.6. The summed E-state index contributed by atoms with van der Waals surface area (Å²) >= 11 is 0. The first kappa shape index (κ1) is 15.7. The lowest BCUT2D eigenvalue weighted by molar-refractivity contribution is -0.121. The molecule has 1 rings (SSSR count). The number of ether oxygens (including phenoxy) is 1. The Kier molecular flexibility index (Phi) is 7.15. The van der Waals surface area contributed by atoms with Gasteiger partial charge in [0.25, 0.3) is 0 Å². The van der Waals surface area contributed by atoms with E-state index in [2.05, 4.69) is 41.8 Å². The van der Waals surface area contributed by atoms with Crippen molar-refractivity contribution in [2.24, 2.45) is 0 Å². The van der Waals surface area contributed by atoms with E-state index in [9.17, 15) is 4.79 Å². The number of amides is 1. The molecule has 0 aliphatic carbocycles. The largest absolute Gasteiger partial charge is 0.383 e. The molecule has 0 aliphatic heterocycles. The Balaban J connectivity index is 2.23. The maximum Gasteiger partial charge on any atom is 0.234 e. The van der Waals surface area contributed by atoms with Gasteiger partial charge < -0.3 is 15.4 Å². The van der Waals surface area contributed by atoms with Crippen LogP contribution in [0.15, 0.2) is 24.3 Å². The zero-order chi connectivity index (χ0) is 14.1. The molecule has 4 nitrogen and oxygen atoms in total. The molecule has 4 heteroatoms. The highest BCUT2D eigenvalue weighted by atomic mass is 16.5. The lowest BCUT2D eigenvalue weighted by Gasteiger charge is -2.13. The SMILES string of the molecule is CCc1ccc(CNCC(=O)NC(C)COC)cc1. The molecule has 2 N–H and O–H groups in total. The molecule has 0 aromatic heterocycles. The first-order valence-electron chi connectivity index (χ1n) is 6.72. The van der Waals surface area contributed by atoms with Crippen LogP contribution in [0, 0.1) is 0 Å². The van der Waals surface area contributed by atoms with Gasteiger partial charge in [0.15, 0.2) is 0 Å². The second-order valence-corrected chi connectivity index (χ2v) is 4.70. The molecule has 0 saturated carbocycles. The van der Waals surface area contributed by atoms with E-state index < -0.39 is 0 Å². The van der Waals surface area contributed by atoms with Gasteiger partial charge in [0, 0.05) is 19.7 Å². The van der Waals surface area contributed by atoms with Gasteiger partial charge in [-0.1, -0.05) is 31.2 Å². The van der Waals surface area contributed by atoms with E-state index in [1.165, 1.54) is 11.1 Å². The number of aryl methyl sites for hydroxylation is 1. The van der Waals surface area contributed by atoms with Crippen molar-refractivity contribution >= 4 is 5.91 Å². The van der Waals surface area contributed by atoms with Crippen molar-refractivity contribution in [3.8, 4) is 0 Å². The number of carbonyl (C=O) groups excluding carboxylic acids is 1. The van der Waals surface area contributed by atoms with E-state index in [1.54, 1.807) is 7.11 Å². The van der Waals surface area contributed by atoms with Gasteiger partial charge in [0.2, 0.25) is 5.91 Å². The van der Waals surface area contributed by atoms with Crippen molar-refractivity contribution in [3.05, 3.63) is 35.4 Å². The number of methoxy groups -OCH3 is 1. The molecular weight excluding hydrogens is 240 g/mol. The second kappa shape index (κ2) is 8.67. The highest BCUT2D eigenvalue weighted by molar-refractivity contribution is 5.78. The van der Waals surface area contributed by atoms with Gasteiger partial charge >= 0.3 is 0 Å². The van der Waals surface area contributed by atoms with E-state index >= 15 is 0 Å². The van der Waals surface area contributed by atoms with Crippen LogP contribution in [0.25, 0.3) is 0 Å². The molecule has 0 heterocycles. The molecule has 1 unspecified atom stereocenters. The minimum Gasteiger partial charge on any atom is -0.383 e. The summed E-state index contributed by atoms with van der Waals surface area (Å²) in [5, 5.41) is 5.99. The molecule has 0 aliphatic rings. The maximum absolute atomic E-state index is 11.6. The van der Waals surface area contributed by atoms with Gasteiger partial charge in [-0.25, -0.2) is 0 Å². The fraction of sp³-hybridized carbons (Fsp3) is 0.533. The maximum atomic E-state index is 11.6. The van der Waals surface area contributed by atoms with E-state index in [-0.39, 0.29) is 11.9 Å². The Labute approximate surface area is 115 Å². The van der Waals surface area contributed by atoms with Crippen LogP contribution in [0.1, 0.15) is 25.0 Å². The Morgan fingerprint density at radius 2 is 1.89 bits per heavy atom. The zero-order valence-corrected chi connectivity index (χ0v) is 12.0. The van der Waals surface area contributed by atoms with Crippen molar-refractivity contribution in [1.29, 1.82) is 0 Å². The quantitative estimate of drug-likeness (QED) is 0.748. The normalized spacial score (nSPS) is 12.2. The molecule has 106 valence electrons. The molecule has 0 saturated heterocycles. The summed E-state index contributed by atoms with van der Waals surface area (Å²) in [6.45, 7) is 5.62. The fourth-order valence-electron chi connectivity index (χ4n) is 1.83. The molecule has 0 spiro atoms. The molecule has 1 aromatic carbocycles. The highest BCUT2D eigenvalue weighted by Crippen LogP contribution is 2.04. The molecule has 1 amide bonds. The summed E-state index contributed by atoms with van der Waals surface area (Å²) in [5.74, 6) is -0.00488. The minimum atomic E-state index is -0.00488. The minimum absolute atomic E-state index is 0.00488. The monoisotopic (exact) mass is 264 g/mol. The van der Waals surface area contributed by atoms with Crippen LogP contribution >= 0.6 is 0 Å². The van der Waals surface area contributed by atoms with Crippen LogP contribution in [0.2, 0.25) is 0 Å². The summed E-state index contributed by atoms with van der Waals surface area (Å²) in [6, 6.07) is 8.48. The molecule has 0 fully saturated rings. The number of carbonyl (C=O) groups is 1. The molecule has 19 heavy (non-hydrogen) atoms. The van der Waals surface area contributed by atoms with Crippen LogP contribution in [0.3, 0.4) is 0 Å². The van der Waals surface area contributed by atoms with Crippen LogP contribution in [-0.4, -0.2) is 32.2 Å². The Morgan fingerprint density at radius 1 is 1.26 bits per heavy atom. The third kappa shape index (κ3) is 6.36. The van der Waals surface area contributed by atoms with Crippen LogP contribution in [0.5, 0.6) is 0 Å². The molecular formula is C15H24N2O2. The van der Waals surface area contributed by atoms with Crippen molar-refractivity contribution < 1.29 is 9.53 Å². The van der Waals surface area contributed by atoms with Crippen LogP contribution in [-0.2, 0) is 22.5 Å². The van der Waals surface area contributed by atoms with E-state index in [0.717, 1.165) is 6.42 Å². The zero-order valence-electron chi connectivity index (χ0n) is 12.0. The summed E-state index contributed by atoms with van der Waals surface area (Å²) in [7, 11) is 1.63. The molecule has 0 radical (unpaired) electrons. The first-order valence-corrected chi connectivity index (χ1v) is 6.72. The first-order chi connectivity index (χ1) is 9.15. The Morgan fingerprint density at radius 3 is 2.47 bits per heavy atom. The second-order valence-electron chi connectivity index (χ2n) is 4.70. The van der Waals surface area contributed by atoms with E-state index in [0.29, 0.717) is 19.7 Å². The average molecular weight is 264 g/mol. The summed E-state index contributed by atoms with van der Waals surface area (Å²) < 4.78 is 4.96. The van der Waals surface area contributed by atoms with Crippen molar-refractivity contribution in [3.63, 3.8) is 0 Å². The summed E-state index contributed by atoms with van der Waals surface area (Å²) in [6.07, 6.45) is 1.05. The molecule has 1 aromatic rings. The number of hydrogen-bond acceptors (Lipinski definition) is 3. The standard InChI is InChI=1S/C15H24N2O2/c1-4-13-5-7-14(8-6-13)9-16-10-15(18)17-12(2)11-19-3/h5-8,12,16H,4,9-11H2,1-3H3,(H,17,18). The number of hydrogen-bond donors (Lipinski definition) is 2. The van der Waals surface area contributed by atoms with Crippen LogP contribution < -0.4 is 10.6 Å². The predicted octanol–water partition coefficient (Wildman–Crippen LogP) is 1.49. The summed E-state index contributed by atoms with van der Waals surface area (Å²) in [5.41, 5.74) is 2.52. The Bertz CT molecular complexity index is 376. The number of rotatable bonds is 8. The number of benzene rings is 1. The molecule has 1 atom stereocenters. The van der Waals surface area contributed by atoms with Gasteiger partial charge in [0.05, 0.1) is 13.2 Å². The fourth-order valence-corrected chi connectivity index (χ4v) is 1.83. The highest BCUT2D eigenvalue weighted by Gasteiger charge is 2.06. The lowest BCUT2D eigenvalue weighted by atomic mass is 10.1. The van der Waals surface area contributed by atoms with Crippen molar-refractivity contribution in [2.75, 3.05) is 20.3 Å². The van der Waals surface area contributed by atoms with Crippen molar-refractivity contribution in [1.82, 2.24) is 10.6 Å². The Hall–Kier alpha value is -1.39.